The van der Waals surface area contributed by atoms with Crippen molar-refractivity contribution in [3.63, 3.8) is 0 Å². The summed E-state index contributed by atoms with van der Waals surface area (Å²) >= 11 is 6.49. The number of ether oxygens (including phenoxy) is 3. The fraction of sp³-hybridized carbons (Fsp3) is 0.323. The number of carbonyl (C=O) groups excluding carboxylic acids is 3. The van der Waals surface area contributed by atoms with Crippen molar-refractivity contribution in [2.75, 3.05) is 39.2 Å². The number of sulfonamides is 1. The molecular weight excluding hydrogens is 667 g/mol. The second-order valence-electron chi connectivity index (χ2n) is 11.3. The third kappa shape index (κ3) is 5.26. The molecule has 1 saturated heterocycles. The summed E-state index contributed by atoms with van der Waals surface area (Å²) in [5.41, 5.74) is -1.75. The minimum absolute atomic E-state index is 0.0135. The van der Waals surface area contributed by atoms with E-state index >= 15 is 4.79 Å². The van der Waals surface area contributed by atoms with Gasteiger partial charge in [-0.25, -0.2) is 8.42 Å². The molecule has 0 radical (unpaired) electrons. The molecule has 47 heavy (non-hydrogen) atoms. The molecule has 0 aliphatic carbocycles. The summed E-state index contributed by atoms with van der Waals surface area (Å²) in [4.78, 5) is 41.0. The molecular formula is C31H30ClF3N3O8S+. The number of carbonyl (C=O) groups is 3. The highest BCUT2D eigenvalue weighted by Gasteiger charge is 2.72. The van der Waals surface area contributed by atoms with E-state index < -0.39 is 61.5 Å². The van der Waals surface area contributed by atoms with Crippen LogP contribution in [0.4, 0.5) is 18.9 Å². The van der Waals surface area contributed by atoms with Crippen LogP contribution in [0.1, 0.15) is 23.1 Å². The number of benzene rings is 3. The molecule has 3 aromatic rings. The zero-order chi connectivity index (χ0) is 34.7. The number of anilines is 1. The summed E-state index contributed by atoms with van der Waals surface area (Å²) < 4.78 is 84.3. The Morgan fingerprint density at radius 3 is 2.34 bits per heavy atom. The Bertz CT molecular complexity index is 1920. The lowest BCUT2D eigenvalue weighted by molar-refractivity contribution is -0.949. The van der Waals surface area contributed by atoms with Crippen LogP contribution < -0.4 is 23.8 Å². The van der Waals surface area contributed by atoms with Gasteiger partial charge in [-0.3, -0.25) is 18.9 Å². The van der Waals surface area contributed by atoms with Crippen molar-refractivity contribution >= 4 is 44.9 Å². The summed E-state index contributed by atoms with van der Waals surface area (Å²) in [5.74, 6) is -3.35. The van der Waals surface area contributed by atoms with Crippen LogP contribution in [0.2, 0.25) is 5.02 Å². The number of nitrogens with one attached hydrogen (secondary N) is 1. The number of alkyl halides is 3. The van der Waals surface area contributed by atoms with Gasteiger partial charge in [-0.15, -0.1) is 13.2 Å². The van der Waals surface area contributed by atoms with Gasteiger partial charge in [-0.1, -0.05) is 23.2 Å². The Kier molecular flexibility index (Phi) is 8.48. The number of aryl methyl sites for hydroxylation is 1. The first kappa shape index (κ1) is 34.0. The Morgan fingerprint density at radius 2 is 1.72 bits per heavy atom. The molecule has 3 aromatic carbocycles. The maximum atomic E-state index is 15.4. The van der Waals surface area contributed by atoms with Gasteiger partial charge in [0.05, 0.1) is 44.5 Å². The summed E-state index contributed by atoms with van der Waals surface area (Å²) in [6.45, 7) is 1.32. The Hall–Kier alpha value is -4.34. The molecule has 1 N–H and O–H groups in total. The van der Waals surface area contributed by atoms with Gasteiger partial charge in [0.25, 0.3) is 15.9 Å². The number of quaternary nitrogens is 1. The number of nitrogens with zero attached hydrogens (tertiary/aromatic N) is 2. The van der Waals surface area contributed by atoms with Crippen molar-refractivity contribution in [1.29, 1.82) is 0 Å². The van der Waals surface area contributed by atoms with Gasteiger partial charge in [0.1, 0.15) is 22.9 Å². The second-order valence-corrected chi connectivity index (χ2v) is 13.5. The van der Waals surface area contributed by atoms with E-state index in [0.717, 1.165) is 18.2 Å². The van der Waals surface area contributed by atoms with Crippen LogP contribution in [-0.4, -0.2) is 77.8 Å². The molecule has 0 bridgehead atoms. The predicted molar refractivity (Wildman–Crippen MR) is 163 cm³/mol. The Balaban J connectivity index is 1.92. The first-order valence-corrected chi connectivity index (χ1v) is 15.8. The normalized spacial score (nSPS) is 22.7. The van der Waals surface area contributed by atoms with E-state index in [2.05, 4.69) is 10.1 Å². The lowest BCUT2D eigenvalue weighted by Gasteiger charge is -2.48. The number of ketones is 1. The molecule has 250 valence electrons. The molecule has 0 saturated carbocycles. The van der Waals surface area contributed by atoms with Gasteiger partial charge < -0.3 is 19.5 Å². The number of rotatable bonds is 8. The SMILES string of the molecule is CNC(=O)[C@@H]1CC(=O)C[N+]1(C)C1(c2cc(C)ccc2OC)C(=O)N(S(=O)(=O)c2ccc(OC)cc2OC(F)(F)F)c2ccc(Cl)cc21. The number of amides is 2. The van der Waals surface area contributed by atoms with E-state index in [-0.39, 0.29) is 45.5 Å². The van der Waals surface area contributed by atoms with Gasteiger partial charge in [-0.2, -0.15) is 4.31 Å². The number of halogens is 4. The number of likely N-dealkylation sites (tertiary alicyclic amines) is 1. The summed E-state index contributed by atoms with van der Waals surface area (Å²) in [6.07, 6.45) is -5.60. The highest BCUT2D eigenvalue weighted by molar-refractivity contribution is 7.93. The van der Waals surface area contributed by atoms with Crippen LogP contribution in [0.25, 0.3) is 0 Å². The van der Waals surface area contributed by atoms with Crippen molar-refractivity contribution in [1.82, 2.24) is 5.32 Å². The van der Waals surface area contributed by atoms with E-state index in [1.807, 2.05) is 0 Å². The number of Topliss-reactive ketones (excluding diaryl/α,β-unsaturated/α-hetero) is 1. The molecule has 11 nitrogen and oxygen atoms in total. The Labute approximate surface area is 273 Å². The van der Waals surface area contributed by atoms with Gasteiger partial charge in [0.2, 0.25) is 5.54 Å². The molecule has 16 heteroatoms. The van der Waals surface area contributed by atoms with E-state index in [1.54, 1.807) is 25.1 Å². The average Bonchev–Trinajstić information content (AvgIpc) is 3.46. The van der Waals surface area contributed by atoms with Crippen LogP contribution >= 0.6 is 11.6 Å². The minimum atomic E-state index is -5.31. The van der Waals surface area contributed by atoms with Crippen molar-refractivity contribution in [2.45, 2.75) is 36.2 Å². The van der Waals surface area contributed by atoms with Crippen molar-refractivity contribution in [3.05, 3.63) is 76.3 Å². The maximum absolute atomic E-state index is 15.4. The number of hydrogen-bond donors (Lipinski definition) is 1. The van der Waals surface area contributed by atoms with Crippen molar-refractivity contribution in [3.8, 4) is 17.2 Å². The monoisotopic (exact) mass is 696 g/mol. The van der Waals surface area contributed by atoms with E-state index in [1.165, 1.54) is 46.5 Å². The molecule has 1 fully saturated rings. The quantitative estimate of drug-likeness (QED) is 0.349. The summed E-state index contributed by atoms with van der Waals surface area (Å²) in [7, 11) is 0.100. The highest BCUT2D eigenvalue weighted by atomic mass is 35.5. The summed E-state index contributed by atoms with van der Waals surface area (Å²) in [5, 5.41) is 2.61. The molecule has 5 rings (SSSR count). The van der Waals surface area contributed by atoms with E-state index in [4.69, 9.17) is 21.1 Å². The van der Waals surface area contributed by atoms with Gasteiger partial charge in [0.15, 0.2) is 17.6 Å². The summed E-state index contributed by atoms with van der Waals surface area (Å²) in [6, 6.07) is 10.2. The fourth-order valence-corrected chi connectivity index (χ4v) is 8.41. The zero-order valence-electron chi connectivity index (χ0n) is 25.8. The third-order valence-corrected chi connectivity index (χ3v) is 10.6. The van der Waals surface area contributed by atoms with Crippen LogP contribution in [-0.2, 0) is 29.9 Å². The second kappa shape index (κ2) is 11.7. The largest absolute Gasteiger partial charge is 0.573 e. The van der Waals surface area contributed by atoms with Gasteiger partial charge in [-0.05, 0) is 49.4 Å². The molecule has 2 aliphatic heterocycles. The number of likely N-dealkylation sites (N-methyl/N-ethyl adjacent to an activating group) is 2. The van der Waals surface area contributed by atoms with E-state index in [9.17, 15) is 31.2 Å². The van der Waals surface area contributed by atoms with Gasteiger partial charge in [0, 0.05) is 18.1 Å². The molecule has 3 atom stereocenters. The predicted octanol–water partition coefficient (Wildman–Crippen LogP) is 4.08. The minimum Gasteiger partial charge on any atom is -0.497 e. The zero-order valence-corrected chi connectivity index (χ0v) is 27.3. The lowest BCUT2D eigenvalue weighted by Crippen LogP contribution is -2.69. The smallest absolute Gasteiger partial charge is 0.497 e. The van der Waals surface area contributed by atoms with Crippen LogP contribution in [0.15, 0.2) is 59.5 Å². The number of hydrogen-bond acceptors (Lipinski definition) is 8. The molecule has 2 unspecified atom stereocenters. The highest BCUT2D eigenvalue weighted by Crippen LogP contribution is 2.58. The molecule has 0 spiro atoms. The topological polar surface area (TPSA) is 128 Å². The Morgan fingerprint density at radius 1 is 1.02 bits per heavy atom. The molecule has 2 amide bonds. The molecule has 0 aromatic heterocycles. The number of fused-ring (bicyclic) bond motifs is 1. The third-order valence-electron chi connectivity index (χ3n) is 8.63. The van der Waals surface area contributed by atoms with Crippen LogP contribution in [0.3, 0.4) is 0 Å². The first-order valence-electron chi connectivity index (χ1n) is 14.0. The van der Waals surface area contributed by atoms with Crippen LogP contribution in [0.5, 0.6) is 17.2 Å². The van der Waals surface area contributed by atoms with Crippen molar-refractivity contribution < 1.29 is 54.7 Å². The maximum Gasteiger partial charge on any atom is 0.573 e. The lowest BCUT2D eigenvalue weighted by atomic mass is 9.78. The number of methoxy groups -OCH3 is 2. The standard InChI is InChI=1S/C31H29ClF3N3O8S/c1-17-6-10-25(45-5)22(12-17)30(38(3)16-19(39)14-24(38)28(40)36-2)21-13-18(32)7-9-23(21)37(29(30)41)47(42,43)27-11-8-20(44-4)15-26(27)46-31(33,34)35/h6-13,15,24H,14,16H2,1-5H3/p+1/t24-,30?,38?/m0/s1. The van der Waals surface area contributed by atoms with Crippen LogP contribution in [0, 0.1) is 6.92 Å². The molecule has 2 heterocycles. The average molecular weight is 697 g/mol. The fourth-order valence-electron chi connectivity index (χ4n) is 6.68. The first-order chi connectivity index (χ1) is 22.0. The van der Waals surface area contributed by atoms with Gasteiger partial charge >= 0.3 is 12.3 Å². The molecule has 2 aliphatic rings. The van der Waals surface area contributed by atoms with Crippen molar-refractivity contribution in [2.24, 2.45) is 0 Å². The van der Waals surface area contributed by atoms with E-state index in [0.29, 0.717) is 9.87 Å².